The Morgan fingerprint density at radius 1 is 0.853 bits per heavy atom. The van der Waals surface area contributed by atoms with Crippen LogP contribution in [0, 0.1) is 0 Å². The maximum absolute atomic E-state index is 13.5. The van der Waals surface area contributed by atoms with Crippen LogP contribution in [0.2, 0.25) is 0 Å². The highest BCUT2D eigenvalue weighted by Gasteiger charge is 2.28. The molecule has 0 radical (unpaired) electrons. The van der Waals surface area contributed by atoms with E-state index in [1.807, 2.05) is 30.3 Å². The van der Waals surface area contributed by atoms with Gasteiger partial charge in [0.25, 0.3) is 0 Å². The largest absolute Gasteiger partial charge is 0.497 e. The van der Waals surface area contributed by atoms with Gasteiger partial charge in [0.1, 0.15) is 5.75 Å². The van der Waals surface area contributed by atoms with E-state index in [1.165, 1.54) is 39.5 Å². The maximum Gasteiger partial charge on any atom is 0.243 e. The summed E-state index contributed by atoms with van der Waals surface area (Å²) in [6.45, 7) is -0.243. The van der Waals surface area contributed by atoms with Crippen molar-refractivity contribution in [3.63, 3.8) is 0 Å². The molecule has 34 heavy (non-hydrogen) atoms. The van der Waals surface area contributed by atoms with E-state index in [9.17, 15) is 13.2 Å². The van der Waals surface area contributed by atoms with Crippen molar-refractivity contribution in [2.24, 2.45) is 0 Å². The number of anilines is 1. The predicted molar refractivity (Wildman–Crippen MR) is 130 cm³/mol. The minimum Gasteiger partial charge on any atom is -0.497 e. The quantitative estimate of drug-likeness (QED) is 0.447. The van der Waals surface area contributed by atoms with Crippen molar-refractivity contribution in [3.8, 4) is 17.2 Å². The number of carbonyl (C=O) groups is 1. The van der Waals surface area contributed by atoms with E-state index in [2.05, 4.69) is 5.32 Å². The summed E-state index contributed by atoms with van der Waals surface area (Å²) in [5, 5.41) is 2.74. The summed E-state index contributed by atoms with van der Waals surface area (Å²) in [4.78, 5) is 12.8. The fraction of sp³-hybridized carbons (Fsp3) is 0.240. The molecule has 0 aliphatic heterocycles. The number of benzene rings is 3. The molecule has 0 spiro atoms. The molecule has 9 heteroatoms. The van der Waals surface area contributed by atoms with Crippen molar-refractivity contribution >= 4 is 21.6 Å². The first kappa shape index (κ1) is 25.1. The first-order chi connectivity index (χ1) is 16.4. The Morgan fingerprint density at radius 2 is 1.59 bits per heavy atom. The smallest absolute Gasteiger partial charge is 0.243 e. The van der Waals surface area contributed by atoms with Crippen LogP contribution in [0.5, 0.6) is 17.2 Å². The Balaban J connectivity index is 1.86. The molecule has 3 rings (SSSR count). The molecule has 1 amide bonds. The van der Waals surface area contributed by atoms with Crippen LogP contribution in [0.3, 0.4) is 0 Å². The van der Waals surface area contributed by atoms with Crippen molar-refractivity contribution in [3.05, 3.63) is 78.4 Å². The van der Waals surface area contributed by atoms with Crippen LogP contribution in [0.1, 0.15) is 5.56 Å². The number of nitrogens with zero attached hydrogens (tertiary/aromatic N) is 1. The third kappa shape index (κ3) is 6.27. The first-order valence-electron chi connectivity index (χ1n) is 10.6. The van der Waals surface area contributed by atoms with Gasteiger partial charge in [-0.1, -0.05) is 36.4 Å². The molecule has 0 saturated carbocycles. The summed E-state index contributed by atoms with van der Waals surface area (Å²) >= 11 is 0. The lowest BCUT2D eigenvalue weighted by molar-refractivity contribution is -0.116. The number of methoxy groups -OCH3 is 3. The number of hydrogen-bond acceptors (Lipinski definition) is 6. The molecule has 0 fully saturated rings. The zero-order chi connectivity index (χ0) is 24.6. The van der Waals surface area contributed by atoms with Gasteiger partial charge in [0, 0.05) is 24.4 Å². The molecule has 3 aromatic rings. The summed E-state index contributed by atoms with van der Waals surface area (Å²) in [5.41, 5.74) is 1.47. The van der Waals surface area contributed by atoms with Gasteiger partial charge >= 0.3 is 0 Å². The zero-order valence-corrected chi connectivity index (χ0v) is 20.2. The van der Waals surface area contributed by atoms with Crippen molar-refractivity contribution < 1.29 is 27.4 Å². The number of hydrogen-bond donors (Lipinski definition) is 1. The molecular formula is C25H28N2O6S. The molecular weight excluding hydrogens is 456 g/mol. The molecule has 0 unspecified atom stereocenters. The van der Waals surface area contributed by atoms with E-state index < -0.39 is 15.9 Å². The van der Waals surface area contributed by atoms with Crippen molar-refractivity contribution in [1.29, 1.82) is 0 Å². The Kier molecular flexibility index (Phi) is 8.50. The Labute approximate surface area is 200 Å². The average molecular weight is 485 g/mol. The molecule has 0 aromatic heterocycles. The Morgan fingerprint density at radius 3 is 2.26 bits per heavy atom. The second kappa shape index (κ2) is 11.5. The SMILES string of the molecule is COc1cccc(NC(=O)CN(CCc2ccccc2)S(=O)(=O)c2ccc(OC)c(OC)c2)c1. The Hall–Kier alpha value is -3.56. The van der Waals surface area contributed by atoms with Crippen LogP contribution >= 0.6 is 0 Å². The highest BCUT2D eigenvalue weighted by Crippen LogP contribution is 2.30. The second-order valence-electron chi connectivity index (χ2n) is 7.37. The number of ether oxygens (including phenoxy) is 3. The first-order valence-corrected chi connectivity index (χ1v) is 12.0. The van der Waals surface area contributed by atoms with E-state index in [-0.39, 0.29) is 23.7 Å². The monoisotopic (exact) mass is 484 g/mol. The molecule has 0 atom stereocenters. The average Bonchev–Trinajstić information content (AvgIpc) is 2.86. The summed E-state index contributed by atoms with van der Waals surface area (Å²) in [7, 11) is 0.420. The van der Waals surface area contributed by atoms with Crippen LogP contribution in [-0.4, -0.2) is 53.0 Å². The van der Waals surface area contributed by atoms with Crippen molar-refractivity contribution in [1.82, 2.24) is 4.31 Å². The van der Waals surface area contributed by atoms with Gasteiger partial charge in [-0.25, -0.2) is 8.42 Å². The normalized spacial score (nSPS) is 11.2. The van der Waals surface area contributed by atoms with Gasteiger partial charge in [0.15, 0.2) is 11.5 Å². The minimum absolute atomic E-state index is 0.00684. The lowest BCUT2D eigenvalue weighted by atomic mass is 10.1. The minimum atomic E-state index is -4.02. The fourth-order valence-electron chi connectivity index (χ4n) is 3.37. The molecule has 3 aromatic carbocycles. The van der Waals surface area contributed by atoms with Gasteiger partial charge in [0.2, 0.25) is 15.9 Å². The standard InChI is InChI=1S/C25H28N2O6S/c1-31-21-11-7-10-20(16-21)26-25(28)18-27(15-14-19-8-5-4-6-9-19)34(29,30)22-12-13-23(32-2)24(17-22)33-3/h4-13,16-17H,14-15,18H2,1-3H3,(H,26,28). The number of carbonyl (C=O) groups excluding carboxylic acids is 1. The van der Waals surface area contributed by atoms with E-state index >= 15 is 0 Å². The van der Waals surface area contributed by atoms with E-state index in [0.29, 0.717) is 23.6 Å². The molecule has 0 aliphatic carbocycles. The van der Waals surface area contributed by atoms with E-state index in [4.69, 9.17) is 14.2 Å². The number of amides is 1. The molecule has 180 valence electrons. The van der Waals surface area contributed by atoms with Crippen LogP contribution in [0.15, 0.2) is 77.7 Å². The molecule has 0 saturated heterocycles. The fourth-order valence-corrected chi connectivity index (χ4v) is 4.78. The highest BCUT2D eigenvalue weighted by atomic mass is 32.2. The summed E-state index contributed by atoms with van der Waals surface area (Å²) in [6.07, 6.45) is 0.444. The van der Waals surface area contributed by atoms with Gasteiger partial charge in [-0.3, -0.25) is 4.79 Å². The van der Waals surface area contributed by atoms with Crippen LogP contribution in [0.4, 0.5) is 5.69 Å². The molecule has 0 bridgehead atoms. The summed E-state index contributed by atoms with van der Waals surface area (Å²) < 4.78 is 43.9. The molecule has 0 heterocycles. The topological polar surface area (TPSA) is 94.2 Å². The lowest BCUT2D eigenvalue weighted by Crippen LogP contribution is -2.39. The maximum atomic E-state index is 13.5. The summed E-state index contributed by atoms with van der Waals surface area (Å²) in [5.74, 6) is 0.808. The van der Waals surface area contributed by atoms with Gasteiger partial charge in [-0.2, -0.15) is 4.31 Å². The third-order valence-corrected chi connectivity index (χ3v) is 7.00. The Bertz CT molecular complexity index is 1220. The predicted octanol–water partition coefficient (Wildman–Crippen LogP) is 3.58. The van der Waals surface area contributed by atoms with E-state index in [0.717, 1.165) is 9.87 Å². The zero-order valence-electron chi connectivity index (χ0n) is 19.4. The van der Waals surface area contributed by atoms with E-state index in [1.54, 1.807) is 24.3 Å². The molecule has 0 aliphatic rings. The van der Waals surface area contributed by atoms with Crippen LogP contribution < -0.4 is 19.5 Å². The molecule has 1 N–H and O–H groups in total. The van der Waals surface area contributed by atoms with Crippen molar-refractivity contribution in [2.75, 3.05) is 39.7 Å². The van der Waals surface area contributed by atoms with Crippen molar-refractivity contribution in [2.45, 2.75) is 11.3 Å². The highest BCUT2D eigenvalue weighted by molar-refractivity contribution is 7.89. The molecule has 8 nitrogen and oxygen atoms in total. The van der Waals surface area contributed by atoms with Gasteiger partial charge in [-0.05, 0) is 36.2 Å². The lowest BCUT2D eigenvalue weighted by Gasteiger charge is -2.22. The summed E-state index contributed by atoms with van der Waals surface area (Å²) in [6, 6.07) is 20.7. The number of rotatable bonds is 11. The van der Waals surface area contributed by atoms with Gasteiger partial charge in [0.05, 0.1) is 32.8 Å². The van der Waals surface area contributed by atoms with Crippen LogP contribution in [0.25, 0.3) is 0 Å². The number of nitrogens with one attached hydrogen (secondary N) is 1. The van der Waals surface area contributed by atoms with Crippen LogP contribution in [-0.2, 0) is 21.2 Å². The van der Waals surface area contributed by atoms with Gasteiger partial charge in [-0.15, -0.1) is 0 Å². The number of sulfonamides is 1. The third-order valence-electron chi connectivity index (χ3n) is 5.16. The van der Waals surface area contributed by atoms with Gasteiger partial charge < -0.3 is 19.5 Å². The second-order valence-corrected chi connectivity index (χ2v) is 9.31.